The molecule has 1 fully saturated rings. The van der Waals surface area contributed by atoms with Crippen LogP contribution in [0.4, 0.5) is 0 Å². The second-order valence-electron chi connectivity index (χ2n) is 4.85. The van der Waals surface area contributed by atoms with Crippen LogP contribution in [0.3, 0.4) is 0 Å². The van der Waals surface area contributed by atoms with Crippen molar-refractivity contribution in [3.63, 3.8) is 0 Å². The molecule has 0 radical (unpaired) electrons. The number of aliphatic hydroxyl groups is 1. The van der Waals surface area contributed by atoms with Crippen molar-refractivity contribution in [3.8, 4) is 0 Å². The molecule has 0 aromatic carbocycles. The molecule has 1 rings (SSSR count). The van der Waals surface area contributed by atoms with Gasteiger partial charge in [-0.2, -0.15) is 0 Å². The number of nitrogens with zero attached hydrogens (tertiary/aromatic N) is 1. The third kappa shape index (κ3) is 3.65. The van der Waals surface area contributed by atoms with E-state index in [2.05, 4.69) is 25.8 Å². The van der Waals surface area contributed by atoms with Crippen molar-refractivity contribution in [2.24, 2.45) is 11.8 Å². The van der Waals surface area contributed by atoms with Crippen molar-refractivity contribution in [1.82, 2.24) is 4.90 Å². The standard InChI is InChI=1S/C11H23NO/c1-8-5-11(8)7-12(4)9(2)6-10(3)13/h8-11,13H,5-7H2,1-4H3. The maximum atomic E-state index is 9.25. The molecule has 2 nitrogen and oxygen atoms in total. The highest BCUT2D eigenvalue weighted by Gasteiger charge is 2.33. The van der Waals surface area contributed by atoms with Crippen LogP contribution in [-0.2, 0) is 0 Å². The lowest BCUT2D eigenvalue weighted by molar-refractivity contribution is 0.131. The van der Waals surface area contributed by atoms with E-state index in [1.165, 1.54) is 13.0 Å². The van der Waals surface area contributed by atoms with Crippen molar-refractivity contribution >= 4 is 0 Å². The van der Waals surface area contributed by atoms with E-state index in [9.17, 15) is 5.11 Å². The molecule has 1 saturated carbocycles. The minimum Gasteiger partial charge on any atom is -0.393 e. The summed E-state index contributed by atoms with van der Waals surface area (Å²) in [6.45, 7) is 7.58. The zero-order valence-electron chi connectivity index (χ0n) is 9.33. The largest absolute Gasteiger partial charge is 0.393 e. The summed E-state index contributed by atoms with van der Waals surface area (Å²) >= 11 is 0. The molecule has 0 aromatic heterocycles. The molecule has 4 unspecified atom stereocenters. The van der Waals surface area contributed by atoms with E-state index in [4.69, 9.17) is 0 Å². The van der Waals surface area contributed by atoms with Gasteiger partial charge in [-0.1, -0.05) is 6.92 Å². The molecule has 0 aliphatic heterocycles. The van der Waals surface area contributed by atoms with E-state index in [0.29, 0.717) is 6.04 Å². The Morgan fingerprint density at radius 3 is 2.38 bits per heavy atom. The Kier molecular flexibility index (Phi) is 3.74. The topological polar surface area (TPSA) is 23.5 Å². The van der Waals surface area contributed by atoms with Gasteiger partial charge in [0.15, 0.2) is 0 Å². The summed E-state index contributed by atoms with van der Waals surface area (Å²) in [5.74, 6) is 1.85. The van der Waals surface area contributed by atoms with Crippen LogP contribution in [0.1, 0.15) is 33.6 Å². The smallest absolute Gasteiger partial charge is 0.0526 e. The van der Waals surface area contributed by atoms with Gasteiger partial charge in [0.1, 0.15) is 0 Å². The molecule has 0 spiro atoms. The van der Waals surface area contributed by atoms with Crippen molar-refractivity contribution < 1.29 is 5.11 Å². The second-order valence-corrected chi connectivity index (χ2v) is 4.85. The molecule has 0 bridgehead atoms. The summed E-state index contributed by atoms with van der Waals surface area (Å²) in [6, 6.07) is 0.507. The maximum absolute atomic E-state index is 9.25. The molecule has 0 heterocycles. The van der Waals surface area contributed by atoms with Gasteiger partial charge in [-0.15, -0.1) is 0 Å². The van der Waals surface area contributed by atoms with Gasteiger partial charge in [0.05, 0.1) is 6.10 Å². The van der Waals surface area contributed by atoms with E-state index >= 15 is 0 Å². The lowest BCUT2D eigenvalue weighted by Gasteiger charge is -2.25. The van der Waals surface area contributed by atoms with Crippen LogP contribution in [-0.4, -0.2) is 35.7 Å². The molecule has 1 aliphatic carbocycles. The van der Waals surface area contributed by atoms with Crippen molar-refractivity contribution in [2.45, 2.75) is 45.8 Å². The predicted molar refractivity (Wildman–Crippen MR) is 55.7 cm³/mol. The Morgan fingerprint density at radius 1 is 1.46 bits per heavy atom. The number of hydrogen-bond acceptors (Lipinski definition) is 2. The lowest BCUT2D eigenvalue weighted by atomic mass is 10.1. The molecule has 0 amide bonds. The van der Waals surface area contributed by atoms with E-state index in [1.54, 1.807) is 0 Å². The number of hydrogen-bond donors (Lipinski definition) is 1. The molecule has 13 heavy (non-hydrogen) atoms. The third-order valence-corrected chi connectivity index (χ3v) is 3.23. The van der Waals surface area contributed by atoms with Gasteiger partial charge in [-0.3, -0.25) is 0 Å². The van der Waals surface area contributed by atoms with Crippen LogP contribution in [0.2, 0.25) is 0 Å². The van der Waals surface area contributed by atoms with Gasteiger partial charge in [0.25, 0.3) is 0 Å². The molecule has 1 N–H and O–H groups in total. The summed E-state index contributed by atoms with van der Waals surface area (Å²) in [5, 5.41) is 9.25. The zero-order chi connectivity index (χ0) is 10.0. The Morgan fingerprint density at radius 2 is 2.00 bits per heavy atom. The van der Waals surface area contributed by atoms with Crippen LogP contribution >= 0.6 is 0 Å². The van der Waals surface area contributed by atoms with Gasteiger partial charge in [-0.25, -0.2) is 0 Å². The highest BCUT2D eigenvalue weighted by Crippen LogP contribution is 2.38. The quantitative estimate of drug-likeness (QED) is 0.705. The molecule has 0 saturated heterocycles. The third-order valence-electron chi connectivity index (χ3n) is 3.23. The average molecular weight is 185 g/mol. The number of rotatable bonds is 5. The van der Waals surface area contributed by atoms with Crippen LogP contribution in [0.25, 0.3) is 0 Å². The second kappa shape index (κ2) is 4.43. The Bertz CT molecular complexity index is 158. The highest BCUT2D eigenvalue weighted by molar-refractivity contribution is 4.85. The predicted octanol–water partition coefficient (Wildman–Crippen LogP) is 1.73. The van der Waals surface area contributed by atoms with E-state index < -0.39 is 0 Å². The first-order chi connectivity index (χ1) is 6.00. The first-order valence-corrected chi connectivity index (χ1v) is 5.39. The summed E-state index contributed by atoms with van der Waals surface area (Å²) in [7, 11) is 2.16. The first-order valence-electron chi connectivity index (χ1n) is 5.39. The molecule has 0 aromatic rings. The maximum Gasteiger partial charge on any atom is 0.0526 e. The molecular weight excluding hydrogens is 162 g/mol. The fourth-order valence-corrected chi connectivity index (χ4v) is 1.88. The van der Waals surface area contributed by atoms with E-state index in [1.807, 2.05) is 6.92 Å². The molecular formula is C11H23NO. The Labute approximate surface area is 81.9 Å². The normalized spacial score (nSPS) is 31.8. The first kappa shape index (κ1) is 11.0. The summed E-state index contributed by atoms with van der Waals surface area (Å²) in [4.78, 5) is 2.38. The lowest BCUT2D eigenvalue weighted by Crippen LogP contribution is -2.33. The van der Waals surface area contributed by atoms with Crippen LogP contribution in [0, 0.1) is 11.8 Å². The van der Waals surface area contributed by atoms with Crippen LogP contribution < -0.4 is 0 Å². The minimum absolute atomic E-state index is 0.172. The van der Waals surface area contributed by atoms with Gasteiger partial charge < -0.3 is 10.0 Å². The molecule has 1 aliphatic rings. The van der Waals surface area contributed by atoms with Crippen LogP contribution in [0.15, 0.2) is 0 Å². The fraction of sp³-hybridized carbons (Fsp3) is 1.00. The fourth-order valence-electron chi connectivity index (χ4n) is 1.88. The van der Waals surface area contributed by atoms with Crippen LogP contribution in [0.5, 0.6) is 0 Å². The minimum atomic E-state index is -0.172. The van der Waals surface area contributed by atoms with Gasteiger partial charge in [-0.05, 0) is 45.6 Å². The van der Waals surface area contributed by atoms with E-state index in [-0.39, 0.29) is 6.10 Å². The summed E-state index contributed by atoms with van der Waals surface area (Å²) < 4.78 is 0. The van der Waals surface area contributed by atoms with Crippen molar-refractivity contribution in [3.05, 3.63) is 0 Å². The molecule has 78 valence electrons. The van der Waals surface area contributed by atoms with Gasteiger partial charge in [0, 0.05) is 12.6 Å². The Balaban J connectivity index is 2.17. The molecule has 4 atom stereocenters. The SMILES string of the molecule is CC(O)CC(C)N(C)CC1CC1C. The van der Waals surface area contributed by atoms with Crippen molar-refractivity contribution in [1.29, 1.82) is 0 Å². The highest BCUT2D eigenvalue weighted by atomic mass is 16.3. The Hall–Kier alpha value is -0.0800. The van der Waals surface area contributed by atoms with Crippen molar-refractivity contribution in [2.75, 3.05) is 13.6 Å². The molecule has 2 heteroatoms. The van der Waals surface area contributed by atoms with Gasteiger partial charge >= 0.3 is 0 Å². The summed E-state index contributed by atoms with van der Waals surface area (Å²) in [6.07, 6.45) is 2.11. The number of aliphatic hydroxyl groups excluding tert-OH is 1. The monoisotopic (exact) mass is 185 g/mol. The zero-order valence-corrected chi connectivity index (χ0v) is 9.33. The summed E-state index contributed by atoms with van der Waals surface area (Å²) in [5.41, 5.74) is 0. The van der Waals surface area contributed by atoms with Gasteiger partial charge in [0.2, 0.25) is 0 Å². The van der Waals surface area contributed by atoms with E-state index in [0.717, 1.165) is 18.3 Å². The average Bonchev–Trinajstić information content (AvgIpc) is 2.64.